The van der Waals surface area contributed by atoms with E-state index in [1.807, 2.05) is 18.2 Å². The van der Waals surface area contributed by atoms with Gasteiger partial charge in [0.05, 0.1) is 5.69 Å². The lowest BCUT2D eigenvalue weighted by atomic mass is 10.3. The highest BCUT2D eigenvalue weighted by molar-refractivity contribution is 9.10. The standard InChI is InChI=1S/C10H16BrN3/c11-10-5-3-4-9(14-10)8-13-7-2-1-6-12/h3-5,13H,1-2,6-8,12H2. The Morgan fingerprint density at radius 1 is 1.36 bits per heavy atom. The molecule has 0 fully saturated rings. The zero-order chi connectivity index (χ0) is 10.2. The molecule has 0 atom stereocenters. The maximum Gasteiger partial charge on any atom is 0.106 e. The van der Waals surface area contributed by atoms with Gasteiger partial charge in [-0.3, -0.25) is 0 Å². The largest absolute Gasteiger partial charge is 0.330 e. The van der Waals surface area contributed by atoms with Crippen LogP contribution in [0.1, 0.15) is 18.5 Å². The summed E-state index contributed by atoms with van der Waals surface area (Å²) in [5.41, 5.74) is 6.46. The van der Waals surface area contributed by atoms with Gasteiger partial charge in [-0.05, 0) is 54.0 Å². The topological polar surface area (TPSA) is 50.9 Å². The third-order valence-electron chi connectivity index (χ3n) is 1.89. The SMILES string of the molecule is NCCCCNCc1cccc(Br)n1. The molecule has 0 spiro atoms. The number of pyridine rings is 1. The Labute approximate surface area is 93.2 Å². The molecule has 0 aliphatic carbocycles. The number of rotatable bonds is 6. The Hall–Kier alpha value is -0.450. The highest BCUT2D eigenvalue weighted by Gasteiger charge is 1.94. The van der Waals surface area contributed by atoms with Gasteiger partial charge in [0, 0.05) is 6.54 Å². The smallest absolute Gasteiger partial charge is 0.106 e. The lowest BCUT2D eigenvalue weighted by molar-refractivity contribution is 0.620. The first-order chi connectivity index (χ1) is 6.83. The van der Waals surface area contributed by atoms with Crippen molar-refractivity contribution in [1.82, 2.24) is 10.3 Å². The second kappa shape index (κ2) is 6.92. The fourth-order valence-electron chi connectivity index (χ4n) is 1.16. The van der Waals surface area contributed by atoms with Gasteiger partial charge in [-0.15, -0.1) is 0 Å². The molecule has 3 N–H and O–H groups in total. The van der Waals surface area contributed by atoms with Gasteiger partial charge in [0.15, 0.2) is 0 Å². The molecule has 0 bridgehead atoms. The number of nitrogens with zero attached hydrogens (tertiary/aromatic N) is 1. The summed E-state index contributed by atoms with van der Waals surface area (Å²) in [6, 6.07) is 5.94. The van der Waals surface area contributed by atoms with Crippen LogP contribution in [0.3, 0.4) is 0 Å². The van der Waals surface area contributed by atoms with E-state index in [4.69, 9.17) is 5.73 Å². The summed E-state index contributed by atoms with van der Waals surface area (Å²) in [4.78, 5) is 4.32. The van der Waals surface area contributed by atoms with Crippen molar-refractivity contribution in [3.05, 3.63) is 28.5 Å². The molecule has 0 aliphatic rings. The lowest BCUT2D eigenvalue weighted by Crippen LogP contribution is -2.16. The van der Waals surface area contributed by atoms with E-state index in [-0.39, 0.29) is 0 Å². The van der Waals surface area contributed by atoms with E-state index in [1.54, 1.807) is 0 Å². The number of nitrogens with one attached hydrogen (secondary N) is 1. The van der Waals surface area contributed by atoms with Crippen molar-refractivity contribution in [1.29, 1.82) is 0 Å². The van der Waals surface area contributed by atoms with Crippen molar-refractivity contribution in [2.24, 2.45) is 5.73 Å². The number of nitrogens with two attached hydrogens (primary N) is 1. The van der Waals surface area contributed by atoms with E-state index in [0.717, 1.165) is 42.8 Å². The van der Waals surface area contributed by atoms with Crippen LogP contribution >= 0.6 is 15.9 Å². The first kappa shape index (κ1) is 11.6. The first-order valence-corrected chi connectivity index (χ1v) is 5.64. The zero-order valence-corrected chi connectivity index (χ0v) is 9.76. The molecule has 78 valence electrons. The van der Waals surface area contributed by atoms with Crippen molar-refractivity contribution in [2.75, 3.05) is 13.1 Å². The maximum atomic E-state index is 5.40. The second-order valence-corrected chi connectivity index (χ2v) is 3.94. The average Bonchev–Trinajstić information content (AvgIpc) is 2.18. The van der Waals surface area contributed by atoms with Gasteiger partial charge in [-0.1, -0.05) is 6.07 Å². The van der Waals surface area contributed by atoms with E-state index in [0.29, 0.717) is 0 Å². The van der Waals surface area contributed by atoms with E-state index < -0.39 is 0 Å². The van der Waals surface area contributed by atoms with Crippen LogP contribution in [-0.2, 0) is 6.54 Å². The summed E-state index contributed by atoms with van der Waals surface area (Å²) in [5, 5.41) is 3.32. The fraction of sp³-hybridized carbons (Fsp3) is 0.500. The molecule has 0 saturated carbocycles. The van der Waals surface area contributed by atoms with Crippen LogP contribution in [0.5, 0.6) is 0 Å². The first-order valence-electron chi connectivity index (χ1n) is 4.85. The number of aromatic nitrogens is 1. The molecule has 0 aromatic carbocycles. The van der Waals surface area contributed by atoms with E-state index in [1.165, 1.54) is 0 Å². The molecule has 0 amide bonds. The summed E-state index contributed by atoms with van der Waals surface area (Å²) >= 11 is 3.34. The quantitative estimate of drug-likeness (QED) is 0.603. The van der Waals surface area contributed by atoms with E-state index in [2.05, 4.69) is 26.2 Å². The molecule has 14 heavy (non-hydrogen) atoms. The number of hydrogen-bond donors (Lipinski definition) is 2. The van der Waals surface area contributed by atoms with Gasteiger partial charge in [-0.2, -0.15) is 0 Å². The number of halogens is 1. The Balaban J connectivity index is 2.18. The predicted molar refractivity (Wildman–Crippen MR) is 61.9 cm³/mol. The van der Waals surface area contributed by atoms with Gasteiger partial charge in [-0.25, -0.2) is 4.98 Å². The molecule has 4 heteroatoms. The molecule has 3 nitrogen and oxygen atoms in total. The second-order valence-electron chi connectivity index (χ2n) is 3.12. The molecular formula is C10H16BrN3. The molecule has 1 aromatic heterocycles. The Morgan fingerprint density at radius 2 is 2.21 bits per heavy atom. The van der Waals surface area contributed by atoms with E-state index in [9.17, 15) is 0 Å². The molecule has 0 aliphatic heterocycles. The normalized spacial score (nSPS) is 10.4. The Kier molecular flexibility index (Phi) is 5.75. The van der Waals surface area contributed by atoms with Crippen molar-refractivity contribution in [2.45, 2.75) is 19.4 Å². The van der Waals surface area contributed by atoms with Crippen molar-refractivity contribution in [3.63, 3.8) is 0 Å². The minimum absolute atomic E-state index is 0.775. The molecule has 0 radical (unpaired) electrons. The van der Waals surface area contributed by atoms with Gasteiger partial charge in [0.1, 0.15) is 4.60 Å². The van der Waals surface area contributed by atoms with Gasteiger partial charge in [0.25, 0.3) is 0 Å². The van der Waals surface area contributed by atoms with Crippen LogP contribution in [0.15, 0.2) is 22.8 Å². The third kappa shape index (κ3) is 4.69. The van der Waals surface area contributed by atoms with Gasteiger partial charge < -0.3 is 11.1 Å². The molecule has 1 heterocycles. The van der Waals surface area contributed by atoms with Crippen LogP contribution in [0.25, 0.3) is 0 Å². The molecule has 0 saturated heterocycles. The fourth-order valence-corrected chi connectivity index (χ4v) is 1.54. The van der Waals surface area contributed by atoms with E-state index >= 15 is 0 Å². The maximum absolute atomic E-state index is 5.40. The molecule has 1 aromatic rings. The van der Waals surface area contributed by atoms with Crippen LogP contribution in [0.4, 0.5) is 0 Å². The summed E-state index contributed by atoms with van der Waals surface area (Å²) in [6.07, 6.45) is 2.21. The third-order valence-corrected chi connectivity index (χ3v) is 2.33. The van der Waals surface area contributed by atoms with Crippen LogP contribution in [-0.4, -0.2) is 18.1 Å². The average molecular weight is 258 g/mol. The van der Waals surface area contributed by atoms with Crippen LogP contribution in [0, 0.1) is 0 Å². The Bertz CT molecular complexity index is 265. The highest BCUT2D eigenvalue weighted by atomic mass is 79.9. The van der Waals surface area contributed by atoms with Gasteiger partial charge >= 0.3 is 0 Å². The molecule has 0 unspecified atom stereocenters. The lowest BCUT2D eigenvalue weighted by Gasteiger charge is -2.03. The molecule has 1 rings (SSSR count). The van der Waals surface area contributed by atoms with Gasteiger partial charge in [0.2, 0.25) is 0 Å². The Morgan fingerprint density at radius 3 is 2.93 bits per heavy atom. The minimum Gasteiger partial charge on any atom is -0.330 e. The summed E-state index contributed by atoms with van der Waals surface area (Å²) in [7, 11) is 0. The predicted octanol–water partition coefficient (Wildman–Crippen LogP) is 1.67. The highest BCUT2D eigenvalue weighted by Crippen LogP contribution is 2.05. The summed E-state index contributed by atoms with van der Waals surface area (Å²) < 4.78 is 0.888. The molecular weight excluding hydrogens is 242 g/mol. The van der Waals surface area contributed by atoms with Crippen molar-refractivity contribution < 1.29 is 0 Å². The monoisotopic (exact) mass is 257 g/mol. The number of hydrogen-bond acceptors (Lipinski definition) is 3. The number of unbranched alkanes of at least 4 members (excludes halogenated alkanes) is 1. The summed E-state index contributed by atoms with van der Waals surface area (Å²) in [6.45, 7) is 2.60. The summed E-state index contributed by atoms with van der Waals surface area (Å²) in [5.74, 6) is 0. The zero-order valence-electron chi connectivity index (χ0n) is 8.17. The minimum atomic E-state index is 0.775. The van der Waals surface area contributed by atoms with Crippen molar-refractivity contribution >= 4 is 15.9 Å². The van der Waals surface area contributed by atoms with Crippen LogP contribution in [0.2, 0.25) is 0 Å². The van der Waals surface area contributed by atoms with Crippen molar-refractivity contribution in [3.8, 4) is 0 Å². The van der Waals surface area contributed by atoms with Crippen LogP contribution < -0.4 is 11.1 Å².